The van der Waals surface area contributed by atoms with Crippen LogP contribution in [0.3, 0.4) is 0 Å². The number of oxazole rings is 1. The van der Waals surface area contributed by atoms with Gasteiger partial charge in [0.1, 0.15) is 17.3 Å². The van der Waals surface area contributed by atoms with Crippen LogP contribution in [0.2, 0.25) is 5.02 Å². The van der Waals surface area contributed by atoms with Crippen LogP contribution in [0.1, 0.15) is 27.7 Å². The van der Waals surface area contributed by atoms with Crippen molar-refractivity contribution in [2.75, 3.05) is 6.54 Å². The molecular weight excluding hydrogens is 371 g/mol. The molecule has 0 saturated carbocycles. The lowest BCUT2D eigenvalue weighted by molar-refractivity contribution is 0.0718. The Bertz CT molecular complexity index is 972. The van der Waals surface area contributed by atoms with Crippen molar-refractivity contribution in [2.24, 2.45) is 0 Å². The number of benzene rings is 2. The van der Waals surface area contributed by atoms with E-state index in [-0.39, 0.29) is 18.3 Å². The van der Waals surface area contributed by atoms with E-state index in [1.165, 1.54) is 24.3 Å². The monoisotopic (exact) mass is 386 g/mol. The van der Waals surface area contributed by atoms with E-state index in [0.717, 1.165) is 5.69 Å². The molecule has 0 spiro atoms. The lowest BCUT2D eigenvalue weighted by Gasteiger charge is -2.25. The molecule has 1 amide bonds. The number of ether oxygens (including phenoxy) is 1. The second-order valence-corrected chi connectivity index (χ2v) is 6.64. The number of nitrogens with zero attached hydrogens (tertiary/aromatic N) is 2. The Hall–Kier alpha value is -2.86. The molecule has 0 bridgehead atoms. The van der Waals surface area contributed by atoms with Crippen LogP contribution in [0.15, 0.2) is 52.9 Å². The van der Waals surface area contributed by atoms with E-state index in [1.54, 1.807) is 29.2 Å². The van der Waals surface area contributed by atoms with Crippen molar-refractivity contribution >= 4 is 17.5 Å². The molecule has 0 unspecified atom stereocenters. The van der Waals surface area contributed by atoms with Crippen molar-refractivity contribution in [3.05, 3.63) is 82.3 Å². The molecule has 5 nitrogen and oxygen atoms in total. The fourth-order valence-electron chi connectivity index (χ4n) is 2.96. The Morgan fingerprint density at radius 2 is 2.07 bits per heavy atom. The Morgan fingerprint density at radius 1 is 1.26 bits per heavy atom. The molecule has 7 heteroatoms. The highest BCUT2D eigenvalue weighted by atomic mass is 35.5. The van der Waals surface area contributed by atoms with Gasteiger partial charge in [0.15, 0.2) is 6.61 Å². The molecule has 0 saturated heterocycles. The zero-order valence-electron chi connectivity index (χ0n) is 14.3. The number of fused-ring (bicyclic) bond motifs is 1. The van der Waals surface area contributed by atoms with Crippen LogP contribution in [-0.4, -0.2) is 22.3 Å². The van der Waals surface area contributed by atoms with E-state index >= 15 is 0 Å². The summed E-state index contributed by atoms with van der Waals surface area (Å²) in [6.07, 6.45) is 0.600. The molecular formula is C20H16ClFN2O3. The Morgan fingerprint density at radius 3 is 2.85 bits per heavy atom. The summed E-state index contributed by atoms with van der Waals surface area (Å²) in [7, 11) is 0. The van der Waals surface area contributed by atoms with Crippen molar-refractivity contribution in [3.63, 3.8) is 0 Å². The third-order valence-corrected chi connectivity index (χ3v) is 4.55. The second kappa shape index (κ2) is 7.40. The topological polar surface area (TPSA) is 55.6 Å². The first-order valence-electron chi connectivity index (χ1n) is 8.49. The number of aromatic nitrogens is 1. The Kier molecular flexibility index (Phi) is 4.81. The SMILES string of the molecule is O=C(c1ccc(F)cc1)N1CCc2nc(COc3cccc(Cl)c3)oc2C1. The average Bonchev–Trinajstić information content (AvgIpc) is 3.08. The van der Waals surface area contributed by atoms with E-state index in [9.17, 15) is 9.18 Å². The highest BCUT2D eigenvalue weighted by Gasteiger charge is 2.26. The van der Waals surface area contributed by atoms with Gasteiger partial charge in [0, 0.05) is 23.6 Å². The van der Waals surface area contributed by atoms with Gasteiger partial charge in [0.2, 0.25) is 5.89 Å². The van der Waals surface area contributed by atoms with Crippen molar-refractivity contribution in [2.45, 2.75) is 19.6 Å². The summed E-state index contributed by atoms with van der Waals surface area (Å²) >= 11 is 5.94. The quantitative estimate of drug-likeness (QED) is 0.672. The smallest absolute Gasteiger partial charge is 0.254 e. The third-order valence-electron chi connectivity index (χ3n) is 4.31. The zero-order chi connectivity index (χ0) is 18.8. The maximum absolute atomic E-state index is 13.0. The molecule has 27 heavy (non-hydrogen) atoms. The van der Waals surface area contributed by atoms with Gasteiger partial charge in [-0.2, -0.15) is 0 Å². The van der Waals surface area contributed by atoms with Crippen LogP contribution in [0.4, 0.5) is 4.39 Å². The van der Waals surface area contributed by atoms with E-state index < -0.39 is 0 Å². The summed E-state index contributed by atoms with van der Waals surface area (Å²) in [4.78, 5) is 18.7. The fourth-order valence-corrected chi connectivity index (χ4v) is 3.14. The zero-order valence-corrected chi connectivity index (χ0v) is 15.1. The van der Waals surface area contributed by atoms with Crippen molar-refractivity contribution in [1.29, 1.82) is 0 Å². The maximum atomic E-state index is 13.0. The molecule has 1 aliphatic heterocycles. The van der Waals surface area contributed by atoms with E-state index in [1.807, 2.05) is 0 Å². The number of carbonyl (C=O) groups is 1. The molecule has 138 valence electrons. The van der Waals surface area contributed by atoms with Gasteiger partial charge in [-0.15, -0.1) is 0 Å². The largest absolute Gasteiger partial charge is 0.484 e. The van der Waals surface area contributed by atoms with Gasteiger partial charge < -0.3 is 14.1 Å². The van der Waals surface area contributed by atoms with E-state index in [0.29, 0.717) is 47.5 Å². The van der Waals surface area contributed by atoms with Crippen molar-refractivity contribution in [3.8, 4) is 5.75 Å². The molecule has 0 N–H and O–H groups in total. The van der Waals surface area contributed by atoms with E-state index in [2.05, 4.69) is 4.98 Å². The third kappa shape index (κ3) is 3.95. The van der Waals surface area contributed by atoms with Gasteiger partial charge in [-0.3, -0.25) is 4.79 Å². The molecule has 1 aromatic heterocycles. The van der Waals surface area contributed by atoms with Crippen LogP contribution >= 0.6 is 11.6 Å². The van der Waals surface area contributed by atoms with Gasteiger partial charge in [0.05, 0.1) is 12.2 Å². The first kappa shape index (κ1) is 17.5. The molecule has 0 fully saturated rings. The summed E-state index contributed by atoms with van der Waals surface area (Å²) in [5.74, 6) is 1.21. The second-order valence-electron chi connectivity index (χ2n) is 6.21. The summed E-state index contributed by atoms with van der Waals surface area (Å²) in [6.45, 7) is 1.04. The van der Waals surface area contributed by atoms with Crippen LogP contribution < -0.4 is 4.74 Å². The first-order valence-corrected chi connectivity index (χ1v) is 8.87. The number of rotatable bonds is 4. The summed E-state index contributed by atoms with van der Waals surface area (Å²) in [6, 6.07) is 12.6. The van der Waals surface area contributed by atoms with Crippen LogP contribution in [-0.2, 0) is 19.6 Å². The number of carbonyl (C=O) groups excluding carboxylic acids is 1. The summed E-state index contributed by atoms with van der Waals surface area (Å²) in [5.41, 5.74) is 1.28. The van der Waals surface area contributed by atoms with Crippen molar-refractivity contribution in [1.82, 2.24) is 9.88 Å². The fraction of sp³-hybridized carbons (Fsp3) is 0.200. The van der Waals surface area contributed by atoms with Gasteiger partial charge in [0.25, 0.3) is 5.91 Å². The molecule has 4 rings (SSSR count). The molecule has 0 radical (unpaired) electrons. The number of amides is 1. The minimum absolute atomic E-state index is 0.159. The Balaban J connectivity index is 1.42. The Labute approximate surface area is 160 Å². The van der Waals surface area contributed by atoms with Crippen LogP contribution in [0.5, 0.6) is 5.75 Å². The van der Waals surface area contributed by atoms with Gasteiger partial charge >= 0.3 is 0 Å². The normalized spacial score (nSPS) is 13.3. The molecule has 0 atom stereocenters. The minimum Gasteiger partial charge on any atom is -0.484 e. The predicted molar refractivity (Wildman–Crippen MR) is 97.1 cm³/mol. The number of halogens is 2. The molecule has 0 aliphatic carbocycles. The van der Waals surface area contributed by atoms with Crippen LogP contribution in [0.25, 0.3) is 0 Å². The average molecular weight is 387 g/mol. The highest BCUT2D eigenvalue weighted by Crippen LogP contribution is 2.23. The van der Waals surface area contributed by atoms with Crippen molar-refractivity contribution < 1.29 is 18.3 Å². The molecule has 3 aromatic rings. The molecule has 2 heterocycles. The standard InChI is InChI=1S/C20H16ClFN2O3/c21-14-2-1-3-16(10-14)26-12-19-23-17-8-9-24(11-18(17)27-19)20(25)13-4-6-15(22)7-5-13/h1-7,10H,8-9,11-12H2. The lowest BCUT2D eigenvalue weighted by Crippen LogP contribution is -2.35. The summed E-state index contributed by atoms with van der Waals surface area (Å²) in [5, 5.41) is 0.592. The molecule has 2 aromatic carbocycles. The number of hydrogen-bond acceptors (Lipinski definition) is 4. The lowest BCUT2D eigenvalue weighted by atomic mass is 10.1. The van der Waals surface area contributed by atoms with Gasteiger partial charge in [-0.05, 0) is 42.5 Å². The van der Waals surface area contributed by atoms with Gasteiger partial charge in [-0.25, -0.2) is 9.37 Å². The minimum atomic E-state index is -0.368. The molecule has 1 aliphatic rings. The number of hydrogen-bond donors (Lipinski definition) is 0. The predicted octanol–water partition coefficient (Wildman–Crippen LogP) is 4.24. The first-order chi connectivity index (χ1) is 13.1. The summed E-state index contributed by atoms with van der Waals surface area (Å²) < 4.78 is 24.5. The van der Waals surface area contributed by atoms with Gasteiger partial charge in [-0.1, -0.05) is 17.7 Å². The van der Waals surface area contributed by atoms with E-state index in [4.69, 9.17) is 20.8 Å². The van der Waals surface area contributed by atoms with Crippen LogP contribution in [0, 0.1) is 5.82 Å². The maximum Gasteiger partial charge on any atom is 0.254 e. The highest BCUT2D eigenvalue weighted by molar-refractivity contribution is 6.30.